The number of nitrogens with zero attached hydrogens (tertiary/aromatic N) is 2. The molecule has 2 amide bonds. The van der Waals surface area contributed by atoms with Crippen LogP contribution in [0.2, 0.25) is 0 Å². The van der Waals surface area contributed by atoms with Crippen LogP contribution in [0, 0.1) is 5.82 Å². The van der Waals surface area contributed by atoms with E-state index in [2.05, 4.69) is 10.2 Å². The maximum Gasteiger partial charge on any atom is 0.249 e. The molecule has 29 heavy (non-hydrogen) atoms. The first-order valence-electron chi connectivity index (χ1n) is 10.1. The minimum absolute atomic E-state index is 0.0771. The van der Waals surface area contributed by atoms with E-state index in [9.17, 15) is 14.0 Å². The second-order valence-electron chi connectivity index (χ2n) is 7.48. The number of carbonyl (C=O) groups is 2. The number of rotatable bonds is 7. The predicted molar refractivity (Wildman–Crippen MR) is 111 cm³/mol. The van der Waals surface area contributed by atoms with Crippen LogP contribution >= 0.6 is 0 Å². The van der Waals surface area contributed by atoms with E-state index in [1.54, 1.807) is 18.2 Å². The van der Waals surface area contributed by atoms with Gasteiger partial charge in [-0.15, -0.1) is 0 Å². The van der Waals surface area contributed by atoms with Gasteiger partial charge in [-0.25, -0.2) is 4.39 Å². The van der Waals surface area contributed by atoms with Gasteiger partial charge in [0, 0.05) is 32.6 Å². The quantitative estimate of drug-likeness (QED) is 0.782. The van der Waals surface area contributed by atoms with E-state index >= 15 is 0 Å². The zero-order valence-electron chi connectivity index (χ0n) is 16.8. The van der Waals surface area contributed by atoms with Crippen LogP contribution in [0.5, 0.6) is 0 Å². The monoisotopic (exact) mass is 397 g/mol. The van der Waals surface area contributed by atoms with E-state index in [0.29, 0.717) is 31.5 Å². The minimum atomic E-state index is -0.694. The lowest BCUT2D eigenvalue weighted by molar-refractivity contribution is -0.138. The van der Waals surface area contributed by atoms with Crippen LogP contribution < -0.4 is 5.32 Å². The largest absolute Gasteiger partial charge is 0.341 e. The fourth-order valence-corrected chi connectivity index (χ4v) is 3.52. The minimum Gasteiger partial charge on any atom is -0.341 e. The lowest BCUT2D eigenvalue weighted by Crippen LogP contribution is -2.51. The van der Waals surface area contributed by atoms with Gasteiger partial charge in [0.1, 0.15) is 11.9 Å². The Bertz CT molecular complexity index is 820. The van der Waals surface area contributed by atoms with Crippen molar-refractivity contribution in [3.05, 3.63) is 71.5 Å². The van der Waals surface area contributed by atoms with Gasteiger partial charge in [-0.3, -0.25) is 9.59 Å². The van der Waals surface area contributed by atoms with Crippen molar-refractivity contribution in [3.8, 4) is 0 Å². The second kappa shape index (κ2) is 10.2. The van der Waals surface area contributed by atoms with Crippen LogP contribution in [0.15, 0.2) is 54.6 Å². The number of amides is 2. The van der Waals surface area contributed by atoms with E-state index in [-0.39, 0.29) is 24.1 Å². The van der Waals surface area contributed by atoms with E-state index < -0.39 is 6.04 Å². The summed E-state index contributed by atoms with van der Waals surface area (Å²) in [5.41, 5.74) is 1.38. The third-order valence-electron chi connectivity index (χ3n) is 5.31. The number of aryl methyl sites for hydroxylation is 1. The molecule has 1 heterocycles. The van der Waals surface area contributed by atoms with Gasteiger partial charge in [-0.2, -0.15) is 0 Å². The van der Waals surface area contributed by atoms with Crippen molar-refractivity contribution in [2.24, 2.45) is 0 Å². The number of piperazine rings is 1. The molecule has 0 aromatic heterocycles. The molecule has 154 valence electrons. The number of benzene rings is 2. The lowest BCUT2D eigenvalue weighted by Gasteiger charge is -2.35. The average molecular weight is 397 g/mol. The highest BCUT2D eigenvalue weighted by molar-refractivity contribution is 5.88. The number of likely N-dealkylation sites (N-methyl/N-ethyl adjacent to an activating group) is 1. The molecule has 0 bridgehead atoms. The SMILES string of the molecule is CN1CCN(C(=O)C(NC(=O)CCCc2ccccc2F)c2ccccc2)CC1. The molecule has 0 aliphatic carbocycles. The van der Waals surface area contributed by atoms with Crippen LogP contribution in [-0.4, -0.2) is 54.8 Å². The first-order valence-corrected chi connectivity index (χ1v) is 10.1. The first kappa shape index (κ1) is 21.0. The Kier molecular flexibility index (Phi) is 7.36. The summed E-state index contributed by atoms with van der Waals surface area (Å²) in [4.78, 5) is 29.7. The molecule has 0 radical (unpaired) electrons. The number of halogens is 1. The van der Waals surface area contributed by atoms with Crippen molar-refractivity contribution < 1.29 is 14.0 Å². The predicted octanol–water partition coefficient (Wildman–Crippen LogP) is 2.78. The molecule has 1 aliphatic rings. The Hall–Kier alpha value is -2.73. The highest BCUT2D eigenvalue weighted by atomic mass is 19.1. The van der Waals surface area contributed by atoms with E-state index in [1.165, 1.54) is 6.07 Å². The summed E-state index contributed by atoms with van der Waals surface area (Å²) in [6, 6.07) is 15.2. The summed E-state index contributed by atoms with van der Waals surface area (Å²) in [6.45, 7) is 2.96. The van der Waals surface area contributed by atoms with E-state index in [1.807, 2.05) is 42.3 Å². The molecule has 1 fully saturated rings. The molecule has 0 saturated carbocycles. The van der Waals surface area contributed by atoms with Gasteiger partial charge >= 0.3 is 0 Å². The normalized spacial score (nSPS) is 15.7. The zero-order valence-corrected chi connectivity index (χ0v) is 16.8. The average Bonchev–Trinajstić information content (AvgIpc) is 2.74. The van der Waals surface area contributed by atoms with Gasteiger partial charge in [0.2, 0.25) is 11.8 Å². The molecule has 1 aliphatic heterocycles. The Labute approximate surface area is 171 Å². The Morgan fingerprint density at radius 3 is 2.34 bits per heavy atom. The number of carbonyl (C=O) groups excluding carboxylic acids is 2. The molecule has 2 aromatic rings. The number of hydrogen-bond donors (Lipinski definition) is 1. The van der Waals surface area contributed by atoms with Crippen LogP contribution in [0.3, 0.4) is 0 Å². The molecular formula is C23H28FN3O2. The molecule has 3 rings (SSSR count). The van der Waals surface area contributed by atoms with Crippen LogP contribution in [0.25, 0.3) is 0 Å². The van der Waals surface area contributed by atoms with Gasteiger partial charge < -0.3 is 15.1 Å². The summed E-state index contributed by atoms with van der Waals surface area (Å²) in [6.07, 6.45) is 1.26. The molecule has 1 N–H and O–H groups in total. The number of nitrogens with one attached hydrogen (secondary N) is 1. The zero-order chi connectivity index (χ0) is 20.6. The summed E-state index contributed by atoms with van der Waals surface area (Å²) in [5.74, 6) is -0.523. The maximum absolute atomic E-state index is 13.7. The highest BCUT2D eigenvalue weighted by Gasteiger charge is 2.29. The fraction of sp³-hybridized carbons (Fsp3) is 0.391. The molecular weight excluding hydrogens is 369 g/mol. The van der Waals surface area contributed by atoms with Crippen molar-refractivity contribution in [2.75, 3.05) is 33.2 Å². The van der Waals surface area contributed by atoms with Gasteiger partial charge in [0.05, 0.1) is 0 Å². The van der Waals surface area contributed by atoms with Gasteiger partial charge in [0.15, 0.2) is 0 Å². The van der Waals surface area contributed by atoms with E-state index in [0.717, 1.165) is 18.7 Å². The van der Waals surface area contributed by atoms with Crippen molar-refractivity contribution in [3.63, 3.8) is 0 Å². The molecule has 6 heteroatoms. The molecule has 1 atom stereocenters. The van der Waals surface area contributed by atoms with Crippen LogP contribution in [0.4, 0.5) is 4.39 Å². The van der Waals surface area contributed by atoms with Crippen LogP contribution in [0.1, 0.15) is 30.0 Å². The summed E-state index contributed by atoms with van der Waals surface area (Å²) in [5, 5.41) is 2.90. The molecule has 0 spiro atoms. The summed E-state index contributed by atoms with van der Waals surface area (Å²) in [7, 11) is 2.04. The molecule has 1 unspecified atom stereocenters. The van der Waals surface area contributed by atoms with Gasteiger partial charge in [-0.05, 0) is 37.1 Å². The Morgan fingerprint density at radius 2 is 1.66 bits per heavy atom. The third-order valence-corrected chi connectivity index (χ3v) is 5.31. The van der Waals surface area contributed by atoms with Gasteiger partial charge in [0.25, 0.3) is 0 Å². The fourth-order valence-electron chi connectivity index (χ4n) is 3.52. The van der Waals surface area contributed by atoms with E-state index in [4.69, 9.17) is 0 Å². The molecule has 5 nitrogen and oxygen atoms in total. The van der Waals surface area contributed by atoms with Crippen molar-refractivity contribution in [1.29, 1.82) is 0 Å². The summed E-state index contributed by atoms with van der Waals surface area (Å²) < 4.78 is 13.7. The highest BCUT2D eigenvalue weighted by Crippen LogP contribution is 2.18. The first-order chi connectivity index (χ1) is 14.0. The van der Waals surface area contributed by atoms with Crippen LogP contribution in [-0.2, 0) is 16.0 Å². The standard InChI is InChI=1S/C23H28FN3O2/c1-26-14-16-27(17-15-26)23(29)22(19-9-3-2-4-10-19)25-21(28)13-7-11-18-8-5-6-12-20(18)24/h2-6,8-10,12,22H,7,11,13-17H2,1H3,(H,25,28). The maximum atomic E-state index is 13.7. The third kappa shape index (κ3) is 5.87. The summed E-state index contributed by atoms with van der Waals surface area (Å²) >= 11 is 0. The van der Waals surface area contributed by atoms with Gasteiger partial charge in [-0.1, -0.05) is 48.5 Å². The topological polar surface area (TPSA) is 52.6 Å². The molecule has 2 aromatic carbocycles. The Morgan fingerprint density at radius 1 is 1.00 bits per heavy atom. The molecule has 1 saturated heterocycles. The van der Waals surface area contributed by atoms with Crippen molar-refractivity contribution >= 4 is 11.8 Å². The Balaban J connectivity index is 1.61. The number of hydrogen-bond acceptors (Lipinski definition) is 3. The smallest absolute Gasteiger partial charge is 0.249 e. The van der Waals surface area contributed by atoms with Crippen molar-refractivity contribution in [2.45, 2.75) is 25.3 Å². The lowest BCUT2D eigenvalue weighted by atomic mass is 10.0. The second-order valence-corrected chi connectivity index (χ2v) is 7.48. The van der Waals surface area contributed by atoms with Crippen molar-refractivity contribution in [1.82, 2.24) is 15.1 Å².